The Kier molecular flexibility index (Phi) is 3.13. The van der Waals surface area contributed by atoms with Crippen LogP contribution in [-0.2, 0) is 6.54 Å². The number of nitrogens with zero attached hydrogens (tertiary/aromatic N) is 2. The molecule has 0 spiro atoms. The summed E-state index contributed by atoms with van der Waals surface area (Å²) in [5.41, 5.74) is 8.34. The molecule has 0 unspecified atom stereocenters. The zero-order chi connectivity index (χ0) is 12.4. The van der Waals surface area contributed by atoms with Gasteiger partial charge >= 0.3 is 0 Å². The van der Waals surface area contributed by atoms with Crippen LogP contribution < -0.4 is 5.73 Å². The molecule has 0 radical (unpaired) electrons. The number of hydrogen-bond donors (Lipinski definition) is 1. The zero-order valence-electron chi connectivity index (χ0n) is 10.1. The Balaban J connectivity index is 2.46. The highest BCUT2D eigenvalue weighted by molar-refractivity contribution is 5.67. The predicted molar refractivity (Wildman–Crippen MR) is 67.1 cm³/mol. The lowest BCUT2D eigenvalue weighted by Gasteiger charge is -2.05. The first-order valence-electron chi connectivity index (χ1n) is 5.71. The van der Waals surface area contributed by atoms with E-state index in [4.69, 9.17) is 5.73 Å². The Morgan fingerprint density at radius 2 is 2.12 bits per heavy atom. The van der Waals surface area contributed by atoms with Crippen LogP contribution in [0.1, 0.15) is 19.0 Å². The number of aromatic nitrogens is 2. The average Bonchev–Trinajstić information content (AvgIpc) is 2.62. The molecule has 17 heavy (non-hydrogen) atoms. The van der Waals surface area contributed by atoms with Gasteiger partial charge in [0.25, 0.3) is 0 Å². The highest BCUT2D eigenvalue weighted by Gasteiger charge is 2.12. The van der Waals surface area contributed by atoms with Crippen molar-refractivity contribution in [3.63, 3.8) is 0 Å². The van der Waals surface area contributed by atoms with Gasteiger partial charge in [0.05, 0.1) is 6.20 Å². The minimum Gasteiger partial charge on any atom is -0.399 e. The monoisotopic (exact) mass is 233 g/mol. The largest absolute Gasteiger partial charge is 0.399 e. The molecule has 0 amide bonds. The highest BCUT2D eigenvalue weighted by atomic mass is 19.1. The van der Waals surface area contributed by atoms with Crippen LogP contribution in [0, 0.1) is 12.7 Å². The van der Waals surface area contributed by atoms with Crippen molar-refractivity contribution in [2.75, 3.05) is 5.73 Å². The molecule has 0 aliphatic rings. The van der Waals surface area contributed by atoms with Crippen LogP contribution in [0.2, 0.25) is 0 Å². The summed E-state index contributed by atoms with van der Waals surface area (Å²) < 4.78 is 15.7. The van der Waals surface area contributed by atoms with E-state index >= 15 is 0 Å². The molecular formula is C13H16FN3. The van der Waals surface area contributed by atoms with Crippen molar-refractivity contribution in [2.45, 2.75) is 26.8 Å². The molecule has 90 valence electrons. The van der Waals surface area contributed by atoms with Gasteiger partial charge in [-0.1, -0.05) is 6.92 Å². The number of rotatable bonds is 3. The molecule has 1 aromatic carbocycles. The lowest BCUT2D eigenvalue weighted by atomic mass is 10.1. The first-order chi connectivity index (χ1) is 8.13. The summed E-state index contributed by atoms with van der Waals surface area (Å²) in [6.45, 7) is 4.89. The highest BCUT2D eigenvalue weighted by Crippen LogP contribution is 2.27. The van der Waals surface area contributed by atoms with Gasteiger partial charge in [0.2, 0.25) is 0 Å². The SMILES string of the molecule is CCCn1ncc(-c2ccc(N)cc2F)c1C. The van der Waals surface area contributed by atoms with Crippen LogP contribution in [0.5, 0.6) is 0 Å². The van der Waals surface area contributed by atoms with E-state index in [9.17, 15) is 4.39 Å². The molecule has 2 N–H and O–H groups in total. The summed E-state index contributed by atoms with van der Waals surface area (Å²) in [6.07, 6.45) is 2.71. The van der Waals surface area contributed by atoms with Gasteiger partial charge in [-0.25, -0.2) is 4.39 Å². The second-order valence-corrected chi connectivity index (χ2v) is 4.11. The molecule has 0 bridgehead atoms. The lowest BCUT2D eigenvalue weighted by Crippen LogP contribution is -2.01. The van der Waals surface area contributed by atoms with Crippen molar-refractivity contribution in [1.29, 1.82) is 0 Å². The molecule has 4 heteroatoms. The second-order valence-electron chi connectivity index (χ2n) is 4.11. The van der Waals surface area contributed by atoms with E-state index in [0.717, 1.165) is 24.2 Å². The Bertz CT molecular complexity index is 531. The molecule has 0 saturated carbocycles. The minimum atomic E-state index is -0.302. The van der Waals surface area contributed by atoms with Gasteiger partial charge in [0, 0.05) is 29.1 Å². The maximum atomic E-state index is 13.8. The van der Waals surface area contributed by atoms with Crippen LogP contribution >= 0.6 is 0 Å². The fourth-order valence-corrected chi connectivity index (χ4v) is 1.90. The minimum absolute atomic E-state index is 0.302. The molecule has 0 saturated heterocycles. The summed E-state index contributed by atoms with van der Waals surface area (Å²) in [4.78, 5) is 0. The van der Waals surface area contributed by atoms with Gasteiger partial charge in [0.1, 0.15) is 5.82 Å². The third-order valence-electron chi connectivity index (χ3n) is 2.82. The van der Waals surface area contributed by atoms with E-state index in [1.807, 2.05) is 11.6 Å². The third-order valence-corrected chi connectivity index (χ3v) is 2.82. The first kappa shape index (κ1) is 11.6. The Hall–Kier alpha value is -1.84. The van der Waals surface area contributed by atoms with Gasteiger partial charge in [-0.05, 0) is 31.5 Å². The van der Waals surface area contributed by atoms with Crippen LogP contribution in [0.3, 0.4) is 0 Å². The normalized spacial score (nSPS) is 10.8. The molecule has 1 heterocycles. The molecule has 0 aliphatic carbocycles. The number of nitrogen functional groups attached to an aromatic ring is 1. The van der Waals surface area contributed by atoms with E-state index in [1.165, 1.54) is 6.07 Å². The zero-order valence-corrected chi connectivity index (χ0v) is 10.1. The van der Waals surface area contributed by atoms with Crippen molar-refractivity contribution in [2.24, 2.45) is 0 Å². The number of hydrogen-bond acceptors (Lipinski definition) is 2. The van der Waals surface area contributed by atoms with E-state index < -0.39 is 0 Å². The van der Waals surface area contributed by atoms with Crippen LogP contribution in [-0.4, -0.2) is 9.78 Å². The molecule has 0 atom stereocenters. The van der Waals surface area contributed by atoms with Crippen molar-refractivity contribution >= 4 is 5.69 Å². The first-order valence-corrected chi connectivity index (χ1v) is 5.71. The standard InChI is InChI=1S/C13H16FN3/c1-3-6-17-9(2)12(8-16-17)11-5-4-10(15)7-13(11)14/h4-5,7-8H,3,6,15H2,1-2H3. The van der Waals surface area contributed by atoms with E-state index in [-0.39, 0.29) is 5.82 Å². The maximum Gasteiger partial charge on any atom is 0.133 e. The Morgan fingerprint density at radius 1 is 1.35 bits per heavy atom. The van der Waals surface area contributed by atoms with Crippen LogP contribution in [0.15, 0.2) is 24.4 Å². The molecule has 2 aromatic rings. The van der Waals surface area contributed by atoms with Crippen molar-refractivity contribution in [3.8, 4) is 11.1 Å². The van der Waals surface area contributed by atoms with E-state index in [1.54, 1.807) is 18.3 Å². The van der Waals surface area contributed by atoms with Gasteiger partial charge in [0.15, 0.2) is 0 Å². The molecule has 1 aromatic heterocycles. The third kappa shape index (κ3) is 2.16. The number of nitrogens with two attached hydrogens (primary N) is 1. The Labute approximate surface area is 100 Å². The van der Waals surface area contributed by atoms with Crippen molar-refractivity contribution in [3.05, 3.63) is 35.9 Å². The number of aryl methyl sites for hydroxylation is 1. The number of anilines is 1. The summed E-state index contributed by atoms with van der Waals surface area (Å²) in [5, 5.41) is 4.26. The fraction of sp³-hybridized carbons (Fsp3) is 0.308. The molecular weight excluding hydrogens is 217 g/mol. The molecule has 0 fully saturated rings. The average molecular weight is 233 g/mol. The lowest BCUT2D eigenvalue weighted by molar-refractivity contribution is 0.587. The van der Waals surface area contributed by atoms with Gasteiger partial charge in [-0.15, -0.1) is 0 Å². The van der Waals surface area contributed by atoms with Crippen LogP contribution in [0.4, 0.5) is 10.1 Å². The van der Waals surface area contributed by atoms with E-state index in [0.29, 0.717) is 11.3 Å². The fourth-order valence-electron chi connectivity index (χ4n) is 1.90. The molecule has 0 aliphatic heterocycles. The van der Waals surface area contributed by atoms with E-state index in [2.05, 4.69) is 12.0 Å². The molecule has 2 rings (SSSR count). The second kappa shape index (κ2) is 4.57. The van der Waals surface area contributed by atoms with Gasteiger partial charge in [-0.2, -0.15) is 5.10 Å². The van der Waals surface area contributed by atoms with Gasteiger partial charge < -0.3 is 5.73 Å². The summed E-state index contributed by atoms with van der Waals surface area (Å²) in [5.74, 6) is -0.302. The quantitative estimate of drug-likeness (QED) is 0.828. The summed E-state index contributed by atoms with van der Waals surface area (Å²) in [7, 11) is 0. The number of benzene rings is 1. The predicted octanol–water partition coefficient (Wildman–Crippen LogP) is 2.99. The van der Waals surface area contributed by atoms with Crippen molar-refractivity contribution < 1.29 is 4.39 Å². The van der Waals surface area contributed by atoms with Gasteiger partial charge in [-0.3, -0.25) is 4.68 Å². The van der Waals surface area contributed by atoms with Crippen LogP contribution in [0.25, 0.3) is 11.1 Å². The maximum absolute atomic E-state index is 13.8. The summed E-state index contributed by atoms with van der Waals surface area (Å²) >= 11 is 0. The number of halogens is 1. The smallest absolute Gasteiger partial charge is 0.133 e. The van der Waals surface area contributed by atoms with Crippen molar-refractivity contribution in [1.82, 2.24) is 9.78 Å². The molecule has 3 nitrogen and oxygen atoms in total. The Morgan fingerprint density at radius 3 is 2.76 bits per heavy atom. The topological polar surface area (TPSA) is 43.8 Å². The summed E-state index contributed by atoms with van der Waals surface area (Å²) in [6, 6.07) is 4.74.